The number of hydrogen-bond acceptors (Lipinski definition) is 5. The van der Waals surface area contributed by atoms with Gasteiger partial charge in [-0.2, -0.15) is 0 Å². The first-order chi connectivity index (χ1) is 13.2. The topological polar surface area (TPSA) is 75.5 Å². The summed E-state index contributed by atoms with van der Waals surface area (Å²) in [6.07, 6.45) is 2.92. The monoisotopic (exact) mass is 356 g/mol. The minimum atomic E-state index is 0.0487. The zero-order valence-corrected chi connectivity index (χ0v) is 14.3. The Balaban J connectivity index is 1.84. The summed E-state index contributed by atoms with van der Waals surface area (Å²) in [4.78, 5) is 8.54. The van der Waals surface area contributed by atoms with E-state index in [1.807, 2.05) is 60.7 Å². The third-order valence-electron chi connectivity index (χ3n) is 4.11. The lowest BCUT2D eigenvalue weighted by Crippen LogP contribution is -1.96. The molecule has 2 aromatic heterocycles. The van der Waals surface area contributed by atoms with Crippen LogP contribution in [0.5, 0.6) is 23.3 Å². The van der Waals surface area contributed by atoms with Crippen LogP contribution < -0.4 is 4.74 Å². The maximum atomic E-state index is 10.4. The van der Waals surface area contributed by atoms with Crippen molar-refractivity contribution in [2.75, 3.05) is 0 Å². The van der Waals surface area contributed by atoms with Gasteiger partial charge in [0, 0.05) is 12.4 Å². The number of pyridine rings is 2. The van der Waals surface area contributed by atoms with E-state index >= 15 is 0 Å². The number of rotatable bonds is 4. The highest BCUT2D eigenvalue weighted by Gasteiger charge is 2.18. The van der Waals surface area contributed by atoms with E-state index in [1.54, 1.807) is 0 Å². The molecule has 2 aromatic carbocycles. The zero-order chi connectivity index (χ0) is 18.6. The molecule has 0 radical (unpaired) electrons. The summed E-state index contributed by atoms with van der Waals surface area (Å²) in [6, 6.07) is 21.7. The molecule has 2 N–H and O–H groups in total. The van der Waals surface area contributed by atoms with Crippen molar-refractivity contribution in [2.24, 2.45) is 0 Å². The van der Waals surface area contributed by atoms with Crippen molar-refractivity contribution in [3.8, 4) is 45.5 Å². The Morgan fingerprint density at radius 1 is 0.556 bits per heavy atom. The molecule has 0 spiro atoms. The summed E-state index contributed by atoms with van der Waals surface area (Å²) in [5.74, 6) is 0.508. The second-order valence-electron chi connectivity index (χ2n) is 5.85. The van der Waals surface area contributed by atoms with Crippen molar-refractivity contribution >= 4 is 0 Å². The second kappa shape index (κ2) is 7.17. The fourth-order valence-corrected chi connectivity index (χ4v) is 2.86. The number of hydrogen-bond donors (Lipinski definition) is 2. The molecule has 4 rings (SSSR count). The van der Waals surface area contributed by atoms with Crippen molar-refractivity contribution < 1.29 is 14.9 Å². The summed E-state index contributed by atoms with van der Waals surface area (Å²) in [5, 5.41) is 20.7. The molecule has 132 valence electrons. The summed E-state index contributed by atoms with van der Waals surface area (Å²) in [5.41, 5.74) is 2.45. The van der Waals surface area contributed by atoms with Crippen LogP contribution in [-0.4, -0.2) is 20.2 Å². The molecule has 4 aromatic rings. The van der Waals surface area contributed by atoms with Gasteiger partial charge in [0.2, 0.25) is 11.8 Å². The van der Waals surface area contributed by atoms with Crippen molar-refractivity contribution in [1.82, 2.24) is 9.97 Å². The van der Waals surface area contributed by atoms with Crippen LogP contribution in [0.25, 0.3) is 22.3 Å². The molecular weight excluding hydrogens is 340 g/mol. The van der Waals surface area contributed by atoms with Gasteiger partial charge in [0.15, 0.2) is 0 Å². The lowest BCUT2D eigenvalue weighted by atomic mass is 10.1. The maximum Gasteiger partial charge on any atom is 0.232 e. The van der Waals surface area contributed by atoms with E-state index in [0.717, 1.165) is 11.1 Å². The number of aromatic hydroxyl groups is 2. The van der Waals surface area contributed by atoms with Crippen LogP contribution in [0.3, 0.4) is 0 Å². The van der Waals surface area contributed by atoms with Crippen molar-refractivity contribution in [1.29, 1.82) is 0 Å². The molecule has 0 aliphatic rings. The first-order valence-corrected chi connectivity index (χ1v) is 8.38. The van der Waals surface area contributed by atoms with E-state index in [1.165, 1.54) is 24.5 Å². The van der Waals surface area contributed by atoms with Gasteiger partial charge >= 0.3 is 0 Å². The van der Waals surface area contributed by atoms with E-state index in [4.69, 9.17) is 4.74 Å². The molecule has 0 saturated heterocycles. The minimum Gasteiger partial charge on any atom is -0.507 e. The third kappa shape index (κ3) is 3.30. The van der Waals surface area contributed by atoms with Gasteiger partial charge in [-0.15, -0.1) is 0 Å². The second-order valence-corrected chi connectivity index (χ2v) is 5.85. The minimum absolute atomic E-state index is 0.0487. The maximum absolute atomic E-state index is 10.4. The fraction of sp³-hybridized carbons (Fsp3) is 0. The molecule has 0 amide bonds. The van der Waals surface area contributed by atoms with Crippen LogP contribution in [0, 0.1) is 0 Å². The highest BCUT2D eigenvalue weighted by atomic mass is 16.5. The van der Waals surface area contributed by atoms with E-state index < -0.39 is 0 Å². The number of aromatic nitrogens is 2. The van der Waals surface area contributed by atoms with E-state index in [0.29, 0.717) is 11.1 Å². The van der Waals surface area contributed by atoms with Crippen LogP contribution in [0.2, 0.25) is 0 Å². The van der Waals surface area contributed by atoms with Crippen LogP contribution in [-0.2, 0) is 0 Å². The van der Waals surface area contributed by atoms with Gasteiger partial charge in [-0.3, -0.25) is 0 Å². The first-order valence-electron chi connectivity index (χ1n) is 8.38. The molecule has 2 heterocycles. The van der Waals surface area contributed by atoms with E-state index in [2.05, 4.69) is 9.97 Å². The Labute approximate surface area is 156 Å². The van der Waals surface area contributed by atoms with Gasteiger partial charge < -0.3 is 14.9 Å². The predicted molar refractivity (Wildman–Crippen MR) is 103 cm³/mol. The van der Waals surface area contributed by atoms with E-state index in [9.17, 15) is 10.2 Å². The highest BCUT2D eigenvalue weighted by Crippen LogP contribution is 2.42. The van der Waals surface area contributed by atoms with Gasteiger partial charge in [0.25, 0.3) is 0 Å². The number of nitrogens with zero attached hydrogens (tertiary/aromatic N) is 2. The Morgan fingerprint density at radius 3 is 1.37 bits per heavy atom. The van der Waals surface area contributed by atoms with Gasteiger partial charge in [0.05, 0.1) is 11.1 Å². The van der Waals surface area contributed by atoms with Crippen molar-refractivity contribution in [3.05, 3.63) is 85.2 Å². The Kier molecular flexibility index (Phi) is 4.41. The molecule has 0 unspecified atom stereocenters. The van der Waals surface area contributed by atoms with Gasteiger partial charge in [0.1, 0.15) is 11.5 Å². The van der Waals surface area contributed by atoms with Crippen molar-refractivity contribution in [2.45, 2.75) is 0 Å². The lowest BCUT2D eigenvalue weighted by molar-refractivity contribution is 0.427. The highest BCUT2D eigenvalue weighted by molar-refractivity contribution is 5.77. The van der Waals surface area contributed by atoms with Crippen LogP contribution in [0.15, 0.2) is 85.2 Å². The summed E-state index contributed by atoms with van der Waals surface area (Å²) < 4.78 is 5.97. The standard InChI is InChI=1S/C22H16N2O3/c25-17-11-13-23-21(19(17)15-7-3-1-4-8-15)27-22-20(18(26)12-14-24-22)16-9-5-2-6-10-16/h1-14H,(H,23,25)(H,24,26). The summed E-state index contributed by atoms with van der Waals surface area (Å²) in [6.45, 7) is 0. The molecule has 0 bridgehead atoms. The Hall–Kier alpha value is -3.86. The summed E-state index contributed by atoms with van der Waals surface area (Å²) >= 11 is 0. The normalized spacial score (nSPS) is 10.5. The lowest BCUT2D eigenvalue weighted by Gasteiger charge is -2.14. The number of benzene rings is 2. The van der Waals surface area contributed by atoms with Crippen LogP contribution in [0.4, 0.5) is 0 Å². The zero-order valence-electron chi connectivity index (χ0n) is 14.3. The van der Waals surface area contributed by atoms with Gasteiger partial charge in [-0.25, -0.2) is 9.97 Å². The predicted octanol–water partition coefficient (Wildman–Crippen LogP) is 5.01. The quantitative estimate of drug-likeness (QED) is 0.537. The van der Waals surface area contributed by atoms with Crippen molar-refractivity contribution in [3.63, 3.8) is 0 Å². The van der Waals surface area contributed by atoms with Gasteiger partial charge in [-0.1, -0.05) is 60.7 Å². The molecule has 27 heavy (non-hydrogen) atoms. The molecular formula is C22H16N2O3. The Morgan fingerprint density at radius 2 is 0.963 bits per heavy atom. The van der Waals surface area contributed by atoms with Crippen LogP contribution >= 0.6 is 0 Å². The average molecular weight is 356 g/mol. The van der Waals surface area contributed by atoms with Gasteiger partial charge in [-0.05, 0) is 23.3 Å². The SMILES string of the molecule is Oc1ccnc(Oc2nccc(O)c2-c2ccccc2)c1-c1ccccc1. The van der Waals surface area contributed by atoms with E-state index in [-0.39, 0.29) is 23.3 Å². The largest absolute Gasteiger partial charge is 0.507 e. The smallest absolute Gasteiger partial charge is 0.232 e. The molecule has 0 atom stereocenters. The molecule has 0 aliphatic carbocycles. The molecule has 0 fully saturated rings. The molecule has 5 heteroatoms. The average Bonchev–Trinajstić information content (AvgIpc) is 2.70. The number of ether oxygens (including phenoxy) is 1. The first kappa shape index (κ1) is 16.6. The fourth-order valence-electron chi connectivity index (χ4n) is 2.86. The molecule has 0 saturated carbocycles. The van der Waals surface area contributed by atoms with Crippen LogP contribution in [0.1, 0.15) is 0 Å². The Bertz CT molecular complexity index is 980. The summed E-state index contributed by atoms with van der Waals surface area (Å²) in [7, 11) is 0. The molecule has 0 aliphatic heterocycles. The molecule has 5 nitrogen and oxygen atoms in total. The third-order valence-corrected chi connectivity index (χ3v) is 4.11.